The van der Waals surface area contributed by atoms with Crippen LogP contribution in [0.15, 0.2) is 70.5 Å². The molecule has 7 heteroatoms. The predicted molar refractivity (Wildman–Crippen MR) is 118 cm³/mol. The number of hydrogen-bond donors (Lipinski definition) is 2. The Morgan fingerprint density at radius 2 is 1.89 bits per heavy atom. The van der Waals surface area contributed by atoms with E-state index >= 15 is 0 Å². The lowest BCUT2D eigenvalue weighted by Crippen LogP contribution is -2.28. The van der Waals surface area contributed by atoms with E-state index in [0.717, 1.165) is 26.8 Å². The van der Waals surface area contributed by atoms with E-state index in [9.17, 15) is 4.79 Å². The molecule has 4 rings (SSSR count). The fraction of sp³-hybridized carbons (Fsp3) is 0.0952. The van der Waals surface area contributed by atoms with Crippen LogP contribution in [0.2, 0.25) is 0 Å². The Labute approximate surface area is 175 Å². The minimum absolute atomic E-state index is 0.0563. The van der Waals surface area contributed by atoms with Gasteiger partial charge in [0, 0.05) is 28.5 Å². The Morgan fingerprint density at radius 1 is 1.00 bits per heavy atom. The van der Waals surface area contributed by atoms with Crippen LogP contribution in [0.4, 0.5) is 5.82 Å². The summed E-state index contributed by atoms with van der Waals surface area (Å²) < 4.78 is 0.979. The zero-order chi connectivity index (χ0) is 19.3. The molecule has 0 saturated carbocycles. The second-order valence-corrected chi connectivity index (χ2v) is 7.95. The molecule has 2 aromatic carbocycles. The summed E-state index contributed by atoms with van der Waals surface area (Å²) in [4.78, 5) is 22.2. The number of amides is 1. The summed E-state index contributed by atoms with van der Waals surface area (Å²) in [6.45, 7) is 1.07. The van der Waals surface area contributed by atoms with Crippen molar-refractivity contribution < 1.29 is 4.79 Å². The third-order valence-corrected chi connectivity index (χ3v) is 5.50. The van der Waals surface area contributed by atoms with Crippen molar-refractivity contribution in [2.24, 2.45) is 0 Å². The number of anilines is 1. The molecule has 4 aromatic rings. The van der Waals surface area contributed by atoms with Gasteiger partial charge < -0.3 is 10.6 Å². The number of halogens is 1. The lowest BCUT2D eigenvalue weighted by atomic mass is 10.2. The second kappa shape index (κ2) is 8.50. The van der Waals surface area contributed by atoms with Crippen LogP contribution in [0.25, 0.3) is 22.3 Å². The smallest absolute Gasteiger partial charge is 0.261 e. The van der Waals surface area contributed by atoms with E-state index in [-0.39, 0.29) is 5.91 Å². The van der Waals surface area contributed by atoms with Gasteiger partial charge in [0.1, 0.15) is 5.82 Å². The Morgan fingerprint density at radius 3 is 2.71 bits per heavy atom. The van der Waals surface area contributed by atoms with Gasteiger partial charge >= 0.3 is 0 Å². The summed E-state index contributed by atoms with van der Waals surface area (Å²) in [5.41, 5.74) is 1.81. The van der Waals surface area contributed by atoms with Crippen molar-refractivity contribution >= 4 is 49.9 Å². The molecule has 1 amide bonds. The van der Waals surface area contributed by atoms with E-state index in [0.29, 0.717) is 23.8 Å². The largest absolute Gasteiger partial charge is 0.368 e. The SMILES string of the molecule is O=C(NCCNc1nc(-c2cccc(Br)c2)nc2ccccc12)c1cccs1. The van der Waals surface area contributed by atoms with Crippen LogP contribution in [0.3, 0.4) is 0 Å². The fourth-order valence-electron chi connectivity index (χ4n) is 2.82. The highest BCUT2D eigenvalue weighted by atomic mass is 79.9. The molecular formula is C21H17BrN4OS. The summed E-state index contributed by atoms with van der Waals surface area (Å²) >= 11 is 4.93. The second-order valence-electron chi connectivity index (χ2n) is 6.08. The van der Waals surface area contributed by atoms with Crippen molar-refractivity contribution in [3.63, 3.8) is 0 Å². The van der Waals surface area contributed by atoms with Gasteiger partial charge in [-0.1, -0.05) is 46.3 Å². The highest BCUT2D eigenvalue weighted by Gasteiger charge is 2.10. The van der Waals surface area contributed by atoms with Gasteiger partial charge in [0.2, 0.25) is 0 Å². The van der Waals surface area contributed by atoms with Gasteiger partial charge in [-0.25, -0.2) is 9.97 Å². The summed E-state index contributed by atoms with van der Waals surface area (Å²) in [5, 5.41) is 9.10. The number of para-hydroxylation sites is 1. The van der Waals surface area contributed by atoms with Gasteiger partial charge in [-0.05, 0) is 35.7 Å². The summed E-state index contributed by atoms with van der Waals surface area (Å²) in [5.74, 6) is 1.36. The number of benzene rings is 2. The number of carbonyl (C=O) groups is 1. The fourth-order valence-corrected chi connectivity index (χ4v) is 3.86. The molecule has 0 saturated heterocycles. The monoisotopic (exact) mass is 452 g/mol. The third kappa shape index (κ3) is 4.21. The van der Waals surface area contributed by atoms with Gasteiger partial charge in [0.05, 0.1) is 10.4 Å². The van der Waals surface area contributed by atoms with Gasteiger partial charge in [0.25, 0.3) is 5.91 Å². The molecule has 2 N–H and O–H groups in total. The molecule has 0 spiro atoms. The quantitative estimate of drug-likeness (QED) is 0.405. The van der Waals surface area contributed by atoms with Crippen molar-refractivity contribution in [3.05, 3.63) is 75.4 Å². The molecule has 0 atom stereocenters. The van der Waals surface area contributed by atoms with E-state index in [1.807, 2.05) is 66.0 Å². The maximum absolute atomic E-state index is 12.0. The van der Waals surface area contributed by atoms with Crippen molar-refractivity contribution in [1.82, 2.24) is 15.3 Å². The maximum atomic E-state index is 12.0. The first kappa shape index (κ1) is 18.6. The van der Waals surface area contributed by atoms with E-state index in [2.05, 4.69) is 26.6 Å². The van der Waals surface area contributed by atoms with Crippen molar-refractivity contribution in [3.8, 4) is 11.4 Å². The first-order chi connectivity index (χ1) is 13.7. The molecule has 2 aromatic heterocycles. The zero-order valence-electron chi connectivity index (χ0n) is 14.9. The molecule has 140 valence electrons. The van der Waals surface area contributed by atoms with Crippen LogP contribution >= 0.6 is 27.3 Å². The van der Waals surface area contributed by atoms with Crippen LogP contribution in [-0.2, 0) is 0 Å². The van der Waals surface area contributed by atoms with Gasteiger partial charge in [-0.2, -0.15) is 0 Å². The van der Waals surface area contributed by atoms with Gasteiger partial charge in [-0.3, -0.25) is 4.79 Å². The molecule has 5 nitrogen and oxygen atoms in total. The summed E-state index contributed by atoms with van der Waals surface area (Å²) in [7, 11) is 0. The number of fused-ring (bicyclic) bond motifs is 1. The van der Waals surface area contributed by atoms with Gasteiger partial charge in [-0.15, -0.1) is 11.3 Å². The molecule has 0 aliphatic heterocycles. The van der Waals surface area contributed by atoms with Crippen LogP contribution in [-0.4, -0.2) is 29.0 Å². The molecule has 0 unspecified atom stereocenters. The average Bonchev–Trinajstić information content (AvgIpc) is 3.26. The highest BCUT2D eigenvalue weighted by molar-refractivity contribution is 9.10. The Kier molecular flexibility index (Phi) is 5.64. The Bertz CT molecular complexity index is 1110. The van der Waals surface area contributed by atoms with Gasteiger partial charge in [0.15, 0.2) is 5.82 Å². The molecule has 28 heavy (non-hydrogen) atoms. The van der Waals surface area contributed by atoms with E-state index in [1.54, 1.807) is 0 Å². The number of nitrogens with one attached hydrogen (secondary N) is 2. The zero-order valence-corrected chi connectivity index (χ0v) is 17.3. The first-order valence-corrected chi connectivity index (χ1v) is 10.5. The van der Waals surface area contributed by atoms with E-state index < -0.39 is 0 Å². The normalized spacial score (nSPS) is 10.8. The number of nitrogens with zero attached hydrogens (tertiary/aromatic N) is 2. The number of carbonyl (C=O) groups excluding carboxylic acids is 1. The van der Waals surface area contributed by atoms with Crippen molar-refractivity contribution in [2.75, 3.05) is 18.4 Å². The summed E-state index contributed by atoms with van der Waals surface area (Å²) in [6.07, 6.45) is 0. The predicted octanol–water partition coefficient (Wildman–Crippen LogP) is 4.96. The van der Waals surface area contributed by atoms with E-state index in [4.69, 9.17) is 9.97 Å². The number of hydrogen-bond acceptors (Lipinski definition) is 5. The molecule has 0 aliphatic carbocycles. The number of aromatic nitrogens is 2. The topological polar surface area (TPSA) is 66.9 Å². The first-order valence-electron chi connectivity index (χ1n) is 8.79. The highest BCUT2D eigenvalue weighted by Crippen LogP contribution is 2.26. The minimum atomic E-state index is -0.0563. The Hall–Kier alpha value is -2.77. The summed E-state index contributed by atoms with van der Waals surface area (Å²) in [6, 6.07) is 19.5. The molecule has 0 aliphatic rings. The maximum Gasteiger partial charge on any atom is 0.261 e. The minimum Gasteiger partial charge on any atom is -0.368 e. The molecule has 2 heterocycles. The van der Waals surface area contributed by atoms with Crippen LogP contribution < -0.4 is 10.6 Å². The van der Waals surface area contributed by atoms with Crippen LogP contribution in [0, 0.1) is 0 Å². The van der Waals surface area contributed by atoms with Crippen molar-refractivity contribution in [2.45, 2.75) is 0 Å². The molecule has 0 radical (unpaired) electrons. The standard InChI is InChI=1S/C21H17BrN4OS/c22-15-6-3-5-14(13-15)19-25-17-8-2-1-7-16(17)20(26-19)23-10-11-24-21(27)18-9-4-12-28-18/h1-9,12-13H,10-11H2,(H,24,27)(H,23,25,26). The lowest BCUT2D eigenvalue weighted by Gasteiger charge is -2.11. The third-order valence-electron chi connectivity index (χ3n) is 4.13. The average molecular weight is 453 g/mol. The van der Waals surface area contributed by atoms with Crippen LogP contribution in [0.1, 0.15) is 9.67 Å². The van der Waals surface area contributed by atoms with Crippen LogP contribution in [0.5, 0.6) is 0 Å². The number of thiophene rings is 1. The molecular weight excluding hydrogens is 436 g/mol. The van der Waals surface area contributed by atoms with Crippen molar-refractivity contribution in [1.29, 1.82) is 0 Å². The molecule has 0 fully saturated rings. The molecule has 0 bridgehead atoms. The number of rotatable bonds is 6. The lowest BCUT2D eigenvalue weighted by molar-refractivity contribution is 0.0959. The van der Waals surface area contributed by atoms with E-state index in [1.165, 1.54) is 11.3 Å². The Balaban J connectivity index is 1.53.